The number of carbonyl (C=O) groups excluding carboxylic acids is 1. The highest BCUT2D eigenvalue weighted by molar-refractivity contribution is 7.88. The maximum atomic E-state index is 14.3. The molecule has 26 heavy (non-hydrogen) atoms. The molecule has 1 amide bonds. The van der Waals surface area contributed by atoms with Crippen LogP contribution in [0.1, 0.15) is 12.8 Å². The molecule has 1 saturated heterocycles. The zero-order valence-electron chi connectivity index (χ0n) is 14.5. The Hall–Kier alpha value is -1.62. The van der Waals surface area contributed by atoms with E-state index in [4.69, 9.17) is 4.74 Å². The number of amides is 1. The van der Waals surface area contributed by atoms with Gasteiger partial charge in [-0.15, -0.1) is 0 Å². The maximum absolute atomic E-state index is 14.3. The quantitative estimate of drug-likeness (QED) is 0.757. The lowest BCUT2D eigenvalue weighted by Crippen LogP contribution is -2.40. The molecule has 1 atom stereocenters. The number of para-hydroxylation sites is 1. The van der Waals surface area contributed by atoms with Crippen molar-refractivity contribution in [3.8, 4) is 0 Å². The topological polar surface area (TPSA) is 81.0 Å². The van der Waals surface area contributed by atoms with Crippen molar-refractivity contribution >= 4 is 37.5 Å². The maximum Gasteiger partial charge on any atom is 0.266 e. The zero-order chi connectivity index (χ0) is 18.9. The monoisotopic (exact) mass is 401 g/mol. The third kappa shape index (κ3) is 3.73. The van der Waals surface area contributed by atoms with Crippen LogP contribution < -0.4 is 4.80 Å². The van der Waals surface area contributed by atoms with Crippen LogP contribution in [0.4, 0.5) is 4.39 Å². The van der Waals surface area contributed by atoms with E-state index in [1.807, 2.05) is 0 Å². The molecule has 2 aromatic rings. The van der Waals surface area contributed by atoms with E-state index < -0.39 is 27.8 Å². The van der Waals surface area contributed by atoms with Gasteiger partial charge < -0.3 is 9.30 Å². The van der Waals surface area contributed by atoms with Crippen LogP contribution in [0.5, 0.6) is 0 Å². The number of fused-ring (bicyclic) bond motifs is 1. The molecule has 7 nitrogen and oxygen atoms in total. The van der Waals surface area contributed by atoms with Crippen LogP contribution in [0.25, 0.3) is 10.2 Å². The second-order valence-corrected chi connectivity index (χ2v) is 9.04. The van der Waals surface area contributed by atoms with Crippen molar-refractivity contribution in [2.75, 3.05) is 26.5 Å². The van der Waals surface area contributed by atoms with Crippen molar-refractivity contribution in [1.29, 1.82) is 0 Å². The molecule has 1 fully saturated rings. The summed E-state index contributed by atoms with van der Waals surface area (Å²) in [7, 11) is -1.94. The Morgan fingerprint density at radius 1 is 1.46 bits per heavy atom. The van der Waals surface area contributed by atoms with Crippen molar-refractivity contribution in [1.82, 2.24) is 8.87 Å². The summed E-state index contributed by atoms with van der Waals surface area (Å²) in [6.45, 7) is 0.986. The smallest absolute Gasteiger partial charge is 0.266 e. The molecular weight excluding hydrogens is 381 g/mol. The van der Waals surface area contributed by atoms with Crippen molar-refractivity contribution in [3.05, 3.63) is 28.8 Å². The summed E-state index contributed by atoms with van der Waals surface area (Å²) in [5, 5.41) is 0. The standard InChI is InChI=1S/C16H20FN3O4S2/c1-24-10-9-19-14-11(17)5-3-7-13(14)25-16(19)18-15(21)12-6-4-8-20(12)26(2,22)23/h3,5,7,12H,4,6,8-10H2,1-2H3. The molecule has 0 N–H and O–H groups in total. The minimum Gasteiger partial charge on any atom is -0.383 e. The molecule has 1 aliphatic heterocycles. The predicted molar refractivity (Wildman–Crippen MR) is 96.8 cm³/mol. The second kappa shape index (κ2) is 7.55. The summed E-state index contributed by atoms with van der Waals surface area (Å²) in [5.41, 5.74) is 0.368. The molecule has 1 aromatic heterocycles. The number of benzene rings is 1. The van der Waals surface area contributed by atoms with Crippen molar-refractivity contribution < 1.29 is 22.3 Å². The van der Waals surface area contributed by atoms with Gasteiger partial charge in [-0.3, -0.25) is 4.79 Å². The van der Waals surface area contributed by atoms with E-state index in [1.54, 1.807) is 16.7 Å². The molecule has 2 heterocycles. The average Bonchev–Trinajstić information content (AvgIpc) is 3.18. The Balaban J connectivity index is 2.06. The van der Waals surface area contributed by atoms with Gasteiger partial charge in [-0.1, -0.05) is 17.4 Å². The highest BCUT2D eigenvalue weighted by Crippen LogP contribution is 2.23. The molecule has 1 aromatic carbocycles. The number of thiazole rings is 1. The normalized spacial score (nSPS) is 19.5. The lowest BCUT2D eigenvalue weighted by molar-refractivity contribution is -0.121. The van der Waals surface area contributed by atoms with Crippen LogP contribution in [-0.2, 0) is 26.1 Å². The van der Waals surface area contributed by atoms with Crippen molar-refractivity contribution in [3.63, 3.8) is 0 Å². The van der Waals surface area contributed by atoms with Crippen LogP contribution in [0, 0.1) is 5.82 Å². The highest BCUT2D eigenvalue weighted by atomic mass is 32.2. The molecule has 3 rings (SSSR count). The van der Waals surface area contributed by atoms with Crippen LogP contribution in [0.3, 0.4) is 0 Å². The second-order valence-electron chi connectivity index (χ2n) is 6.10. The fourth-order valence-corrected chi connectivity index (χ4v) is 5.31. The summed E-state index contributed by atoms with van der Waals surface area (Å²) >= 11 is 1.20. The average molecular weight is 401 g/mol. The largest absolute Gasteiger partial charge is 0.383 e. The molecule has 0 aliphatic carbocycles. The van der Waals surface area contributed by atoms with E-state index in [1.165, 1.54) is 28.8 Å². The first-order valence-electron chi connectivity index (χ1n) is 8.15. The number of nitrogens with zero attached hydrogens (tertiary/aromatic N) is 3. The number of aromatic nitrogens is 1. The number of ether oxygens (including phenoxy) is 1. The number of carbonyl (C=O) groups is 1. The number of methoxy groups -OCH3 is 1. The molecule has 0 bridgehead atoms. The predicted octanol–water partition coefficient (Wildman–Crippen LogP) is 1.34. The summed E-state index contributed by atoms with van der Waals surface area (Å²) in [5.74, 6) is -0.923. The number of hydrogen-bond acceptors (Lipinski definition) is 5. The molecule has 1 unspecified atom stereocenters. The first kappa shape index (κ1) is 19.2. The SMILES string of the molecule is COCCn1c(=NC(=O)C2CCCN2S(C)(=O)=O)sc2cccc(F)c21. The summed E-state index contributed by atoms with van der Waals surface area (Å²) < 4.78 is 46.5. The Kier molecular flexibility index (Phi) is 5.56. The number of rotatable bonds is 5. The van der Waals surface area contributed by atoms with Crippen LogP contribution >= 0.6 is 11.3 Å². The molecule has 0 spiro atoms. The van der Waals surface area contributed by atoms with Gasteiger partial charge >= 0.3 is 0 Å². The Bertz CT molecular complexity index is 997. The van der Waals surface area contributed by atoms with Crippen LogP contribution in [-0.4, -0.2) is 55.8 Å². The first-order chi connectivity index (χ1) is 12.3. The molecule has 10 heteroatoms. The number of halogens is 1. The minimum absolute atomic E-state index is 0.315. The Morgan fingerprint density at radius 3 is 2.92 bits per heavy atom. The summed E-state index contributed by atoms with van der Waals surface area (Å²) in [6.07, 6.45) is 2.14. The van der Waals surface area contributed by atoms with Gasteiger partial charge in [-0.2, -0.15) is 9.30 Å². The summed E-state index contributed by atoms with van der Waals surface area (Å²) in [6, 6.07) is 3.92. The van der Waals surface area contributed by atoms with Crippen molar-refractivity contribution in [2.45, 2.75) is 25.4 Å². The van der Waals surface area contributed by atoms with Gasteiger partial charge in [-0.05, 0) is 25.0 Å². The third-order valence-corrected chi connectivity index (χ3v) is 6.62. The van der Waals surface area contributed by atoms with E-state index in [-0.39, 0.29) is 0 Å². The van der Waals surface area contributed by atoms with Crippen LogP contribution in [0.2, 0.25) is 0 Å². The minimum atomic E-state index is -3.48. The van der Waals surface area contributed by atoms with E-state index in [2.05, 4.69) is 4.99 Å². The third-order valence-electron chi connectivity index (χ3n) is 4.29. The molecule has 1 aliphatic rings. The lowest BCUT2D eigenvalue weighted by Gasteiger charge is -2.18. The highest BCUT2D eigenvalue weighted by Gasteiger charge is 2.36. The number of sulfonamides is 1. The van der Waals surface area contributed by atoms with Gasteiger partial charge in [0.15, 0.2) is 4.80 Å². The van der Waals surface area contributed by atoms with Gasteiger partial charge in [0.2, 0.25) is 10.0 Å². The van der Waals surface area contributed by atoms with Gasteiger partial charge in [-0.25, -0.2) is 12.8 Å². The lowest BCUT2D eigenvalue weighted by atomic mass is 10.2. The number of hydrogen-bond donors (Lipinski definition) is 0. The van der Waals surface area contributed by atoms with Crippen LogP contribution in [0.15, 0.2) is 23.2 Å². The van der Waals surface area contributed by atoms with Gasteiger partial charge in [0.05, 0.1) is 23.1 Å². The van der Waals surface area contributed by atoms with E-state index >= 15 is 0 Å². The molecule has 0 radical (unpaired) electrons. The van der Waals surface area contributed by atoms with E-state index in [9.17, 15) is 17.6 Å². The molecule has 0 saturated carbocycles. The molecular formula is C16H20FN3O4S2. The zero-order valence-corrected chi connectivity index (χ0v) is 16.1. The van der Waals surface area contributed by atoms with Crippen molar-refractivity contribution in [2.24, 2.45) is 4.99 Å². The van der Waals surface area contributed by atoms with Gasteiger partial charge in [0, 0.05) is 20.2 Å². The summed E-state index contributed by atoms with van der Waals surface area (Å²) in [4.78, 5) is 17.1. The van der Waals surface area contributed by atoms with Gasteiger partial charge in [0.25, 0.3) is 5.91 Å². The Labute approximate surface area is 154 Å². The fourth-order valence-electron chi connectivity index (χ4n) is 3.11. The van der Waals surface area contributed by atoms with Gasteiger partial charge in [0.1, 0.15) is 11.9 Å². The van der Waals surface area contributed by atoms with E-state index in [0.717, 1.165) is 6.26 Å². The van der Waals surface area contributed by atoms with E-state index in [0.29, 0.717) is 47.6 Å². The Morgan fingerprint density at radius 2 is 2.23 bits per heavy atom. The first-order valence-corrected chi connectivity index (χ1v) is 10.8. The fraction of sp³-hybridized carbons (Fsp3) is 0.500. The molecule has 142 valence electrons.